The highest BCUT2D eigenvalue weighted by molar-refractivity contribution is 7.12. The second kappa shape index (κ2) is 5.68. The van der Waals surface area contributed by atoms with Gasteiger partial charge in [0.1, 0.15) is 0 Å². The standard InChI is InChI=1S/C15H10ClN5OS/c16-8-3-4-9-10(7-13-18-20-21-19-13)14(17-11(9)6-8)15(22)12-2-1-5-23-12/h1-6,13,17H,7H2. The molecule has 0 radical (unpaired) electrons. The maximum Gasteiger partial charge on any atom is 0.219 e. The van der Waals surface area contributed by atoms with Gasteiger partial charge in [-0.25, -0.2) is 0 Å². The molecule has 1 aromatic carbocycles. The van der Waals surface area contributed by atoms with Crippen LogP contribution in [0.2, 0.25) is 5.02 Å². The summed E-state index contributed by atoms with van der Waals surface area (Å²) in [5.74, 6) is -0.0470. The predicted molar refractivity (Wildman–Crippen MR) is 88.3 cm³/mol. The summed E-state index contributed by atoms with van der Waals surface area (Å²) in [6.07, 6.45) is 0.0701. The topological polar surface area (TPSA) is 82.3 Å². The highest BCUT2D eigenvalue weighted by Crippen LogP contribution is 2.30. The molecule has 2 aromatic heterocycles. The third kappa shape index (κ3) is 2.58. The lowest BCUT2D eigenvalue weighted by molar-refractivity contribution is 0.103. The van der Waals surface area contributed by atoms with Gasteiger partial charge in [-0.05, 0) is 39.6 Å². The normalized spacial score (nSPS) is 14.1. The highest BCUT2D eigenvalue weighted by Gasteiger charge is 2.23. The number of halogens is 1. The molecule has 0 unspecified atom stereocenters. The molecular weight excluding hydrogens is 334 g/mol. The number of fused-ring (bicyclic) bond motifs is 1. The van der Waals surface area contributed by atoms with Gasteiger partial charge in [0.25, 0.3) is 0 Å². The van der Waals surface area contributed by atoms with Gasteiger partial charge in [-0.1, -0.05) is 23.7 Å². The summed E-state index contributed by atoms with van der Waals surface area (Å²) < 4.78 is 0. The Labute approximate surface area is 139 Å². The van der Waals surface area contributed by atoms with Crippen LogP contribution in [-0.4, -0.2) is 16.9 Å². The Morgan fingerprint density at radius 2 is 2.09 bits per heavy atom. The van der Waals surface area contributed by atoms with E-state index in [1.54, 1.807) is 6.07 Å². The number of aromatic nitrogens is 1. The lowest BCUT2D eigenvalue weighted by Gasteiger charge is -2.04. The summed E-state index contributed by atoms with van der Waals surface area (Å²) in [5, 5.41) is 18.4. The van der Waals surface area contributed by atoms with Crippen LogP contribution in [-0.2, 0) is 6.42 Å². The molecule has 4 rings (SSSR count). The van der Waals surface area contributed by atoms with Crippen molar-refractivity contribution < 1.29 is 4.79 Å². The van der Waals surface area contributed by atoms with Crippen molar-refractivity contribution in [2.75, 3.05) is 0 Å². The molecule has 0 aliphatic carbocycles. The zero-order valence-electron chi connectivity index (χ0n) is 11.7. The molecule has 0 atom stereocenters. The van der Waals surface area contributed by atoms with E-state index in [0.717, 1.165) is 16.5 Å². The van der Waals surface area contributed by atoms with E-state index in [0.29, 0.717) is 22.0 Å². The van der Waals surface area contributed by atoms with Crippen LogP contribution in [0.1, 0.15) is 20.9 Å². The summed E-state index contributed by atoms with van der Waals surface area (Å²) >= 11 is 7.47. The fourth-order valence-corrected chi connectivity index (χ4v) is 3.46. The number of nitrogens with zero attached hydrogens (tertiary/aromatic N) is 4. The van der Waals surface area contributed by atoms with Gasteiger partial charge in [-0.2, -0.15) is 0 Å². The van der Waals surface area contributed by atoms with E-state index in [1.165, 1.54) is 11.3 Å². The molecule has 3 heterocycles. The van der Waals surface area contributed by atoms with Crippen molar-refractivity contribution >= 4 is 39.6 Å². The Morgan fingerprint density at radius 1 is 1.26 bits per heavy atom. The maximum absolute atomic E-state index is 12.8. The molecule has 0 amide bonds. The van der Waals surface area contributed by atoms with Crippen molar-refractivity contribution in [3.8, 4) is 0 Å². The Balaban J connectivity index is 1.85. The average Bonchev–Trinajstić information content (AvgIpc) is 3.28. The first-order valence-corrected chi connectivity index (χ1v) is 8.16. The third-order valence-corrected chi connectivity index (χ3v) is 4.74. The van der Waals surface area contributed by atoms with Gasteiger partial charge < -0.3 is 4.98 Å². The first-order chi connectivity index (χ1) is 11.2. The Bertz CT molecular complexity index is 932. The molecule has 0 saturated heterocycles. The molecular formula is C15H10ClN5OS. The first-order valence-electron chi connectivity index (χ1n) is 6.90. The maximum atomic E-state index is 12.8. The van der Waals surface area contributed by atoms with E-state index in [1.807, 2.05) is 29.6 Å². The highest BCUT2D eigenvalue weighted by atomic mass is 35.5. The van der Waals surface area contributed by atoms with Crippen LogP contribution < -0.4 is 0 Å². The Morgan fingerprint density at radius 3 is 2.83 bits per heavy atom. The van der Waals surface area contributed by atoms with E-state index >= 15 is 0 Å². The van der Waals surface area contributed by atoms with Crippen LogP contribution in [0.3, 0.4) is 0 Å². The van der Waals surface area contributed by atoms with E-state index in [2.05, 4.69) is 25.7 Å². The monoisotopic (exact) mass is 343 g/mol. The van der Waals surface area contributed by atoms with Gasteiger partial charge in [-0.15, -0.1) is 21.6 Å². The summed E-state index contributed by atoms with van der Waals surface area (Å²) in [4.78, 5) is 16.7. The molecule has 0 bridgehead atoms. The second-order valence-electron chi connectivity index (χ2n) is 5.07. The van der Waals surface area contributed by atoms with E-state index < -0.39 is 0 Å². The quantitative estimate of drug-likeness (QED) is 0.677. The Kier molecular flexibility index (Phi) is 3.51. The molecule has 114 valence electrons. The summed E-state index contributed by atoms with van der Waals surface area (Å²) in [6.45, 7) is 0. The zero-order chi connectivity index (χ0) is 15.8. The Hall–Kier alpha value is -2.38. The molecule has 1 aliphatic heterocycles. The van der Waals surface area contributed by atoms with Gasteiger partial charge in [0.05, 0.1) is 10.6 Å². The van der Waals surface area contributed by atoms with E-state index in [-0.39, 0.29) is 11.9 Å². The van der Waals surface area contributed by atoms with E-state index in [9.17, 15) is 4.79 Å². The molecule has 3 aromatic rings. The van der Waals surface area contributed by atoms with Crippen molar-refractivity contribution in [3.05, 3.63) is 56.9 Å². The third-order valence-electron chi connectivity index (χ3n) is 3.64. The molecule has 1 N–H and O–H groups in total. The number of hydrogen-bond acceptors (Lipinski definition) is 6. The van der Waals surface area contributed by atoms with Crippen LogP contribution in [0.5, 0.6) is 0 Å². The largest absolute Gasteiger partial charge is 0.352 e. The number of aromatic amines is 1. The molecule has 0 saturated carbocycles. The van der Waals surface area contributed by atoms with E-state index in [4.69, 9.17) is 11.6 Å². The number of hydrogen-bond donors (Lipinski definition) is 1. The number of rotatable bonds is 4. The van der Waals surface area contributed by atoms with Crippen LogP contribution in [0.25, 0.3) is 10.9 Å². The summed E-state index contributed by atoms with van der Waals surface area (Å²) in [6, 6.07) is 9.18. The van der Waals surface area contributed by atoms with Gasteiger partial charge in [-0.3, -0.25) is 4.79 Å². The minimum atomic E-state index is -0.389. The van der Waals surface area contributed by atoms with Crippen LogP contribution in [0, 0.1) is 0 Å². The molecule has 1 aliphatic rings. The number of H-pyrrole nitrogens is 1. The fourth-order valence-electron chi connectivity index (χ4n) is 2.62. The first kappa shape index (κ1) is 14.2. The van der Waals surface area contributed by atoms with Gasteiger partial charge in [0, 0.05) is 22.3 Å². The smallest absolute Gasteiger partial charge is 0.219 e. The number of carbonyl (C=O) groups excluding carboxylic acids is 1. The molecule has 0 spiro atoms. The second-order valence-corrected chi connectivity index (χ2v) is 6.45. The number of nitrogens with one attached hydrogen (secondary N) is 1. The lowest BCUT2D eigenvalue weighted by Crippen LogP contribution is -2.08. The number of ketones is 1. The van der Waals surface area contributed by atoms with Gasteiger partial charge >= 0.3 is 0 Å². The molecule has 6 nitrogen and oxygen atoms in total. The summed E-state index contributed by atoms with van der Waals surface area (Å²) in [7, 11) is 0. The molecule has 0 fully saturated rings. The SMILES string of the molecule is O=C(c1cccs1)c1[nH]c2cc(Cl)ccc2c1CC1N=NN=N1. The number of carbonyl (C=O) groups is 1. The fraction of sp³-hybridized carbons (Fsp3) is 0.133. The van der Waals surface area contributed by atoms with Crippen molar-refractivity contribution in [3.63, 3.8) is 0 Å². The van der Waals surface area contributed by atoms with Gasteiger partial charge in [0.2, 0.25) is 5.78 Å². The summed E-state index contributed by atoms with van der Waals surface area (Å²) in [5.41, 5.74) is 2.22. The van der Waals surface area contributed by atoms with Gasteiger partial charge in [0.15, 0.2) is 6.17 Å². The van der Waals surface area contributed by atoms with Crippen molar-refractivity contribution in [1.29, 1.82) is 0 Å². The molecule has 23 heavy (non-hydrogen) atoms. The average molecular weight is 344 g/mol. The van der Waals surface area contributed by atoms with Crippen LogP contribution >= 0.6 is 22.9 Å². The number of benzene rings is 1. The molecule has 8 heteroatoms. The van der Waals surface area contributed by atoms with Crippen LogP contribution in [0.4, 0.5) is 0 Å². The van der Waals surface area contributed by atoms with Crippen molar-refractivity contribution in [1.82, 2.24) is 4.98 Å². The van der Waals surface area contributed by atoms with Crippen molar-refractivity contribution in [2.24, 2.45) is 20.7 Å². The predicted octanol–water partition coefficient (Wildman–Crippen LogP) is 4.82. The minimum Gasteiger partial charge on any atom is -0.352 e. The zero-order valence-corrected chi connectivity index (χ0v) is 13.3. The minimum absolute atomic E-state index is 0.0470. The lowest BCUT2D eigenvalue weighted by atomic mass is 10.0. The van der Waals surface area contributed by atoms with Crippen LogP contribution in [0.15, 0.2) is 56.4 Å². The van der Waals surface area contributed by atoms with Crippen molar-refractivity contribution in [2.45, 2.75) is 12.6 Å². The number of thiophene rings is 1.